The molecule has 0 spiro atoms. The Labute approximate surface area is 123 Å². The van der Waals surface area contributed by atoms with E-state index in [-0.39, 0.29) is 17.9 Å². The summed E-state index contributed by atoms with van der Waals surface area (Å²) in [5, 5.41) is 0. The highest BCUT2D eigenvalue weighted by atomic mass is 32.2. The van der Waals surface area contributed by atoms with Crippen molar-refractivity contribution in [2.24, 2.45) is 17.6 Å². The van der Waals surface area contributed by atoms with Crippen LogP contribution in [0.2, 0.25) is 0 Å². The average Bonchev–Trinajstić information content (AvgIpc) is 2.88. The van der Waals surface area contributed by atoms with Gasteiger partial charge in [-0.1, -0.05) is 6.42 Å². The maximum absolute atomic E-state index is 13.8. The molecule has 116 valence electrons. The number of rotatable bonds is 2. The monoisotopic (exact) mass is 316 g/mol. The van der Waals surface area contributed by atoms with Gasteiger partial charge in [0.1, 0.15) is 16.5 Å². The SMILES string of the molecule is NC1CCCC2CN(S(=O)(=O)c3cc(F)ccc3F)CC12. The number of nitrogens with two attached hydrogens (primary N) is 1. The van der Waals surface area contributed by atoms with E-state index in [4.69, 9.17) is 5.73 Å². The van der Waals surface area contributed by atoms with Crippen LogP contribution in [0.15, 0.2) is 23.1 Å². The van der Waals surface area contributed by atoms with Crippen molar-refractivity contribution < 1.29 is 17.2 Å². The zero-order valence-electron chi connectivity index (χ0n) is 11.5. The third-order valence-corrected chi connectivity index (χ3v) is 6.48. The van der Waals surface area contributed by atoms with Gasteiger partial charge in [-0.15, -0.1) is 0 Å². The number of hydrogen-bond acceptors (Lipinski definition) is 3. The van der Waals surface area contributed by atoms with Gasteiger partial charge in [-0.05, 0) is 42.9 Å². The van der Waals surface area contributed by atoms with Gasteiger partial charge >= 0.3 is 0 Å². The second-order valence-corrected chi connectivity index (χ2v) is 7.82. The van der Waals surface area contributed by atoms with Crippen molar-refractivity contribution in [2.45, 2.75) is 30.2 Å². The molecule has 2 aliphatic rings. The summed E-state index contributed by atoms with van der Waals surface area (Å²) in [7, 11) is -4.01. The molecule has 1 aliphatic heterocycles. The summed E-state index contributed by atoms with van der Waals surface area (Å²) in [6.45, 7) is 0.640. The largest absolute Gasteiger partial charge is 0.327 e. The Hall–Kier alpha value is -1.05. The van der Waals surface area contributed by atoms with Gasteiger partial charge in [-0.3, -0.25) is 0 Å². The molecule has 21 heavy (non-hydrogen) atoms. The topological polar surface area (TPSA) is 63.4 Å². The minimum atomic E-state index is -4.01. The molecule has 0 radical (unpaired) electrons. The van der Waals surface area contributed by atoms with Crippen molar-refractivity contribution in [1.29, 1.82) is 0 Å². The van der Waals surface area contributed by atoms with Crippen molar-refractivity contribution in [3.8, 4) is 0 Å². The molecule has 2 fully saturated rings. The molecule has 3 atom stereocenters. The standard InChI is InChI=1S/C14H18F2N2O2S/c15-10-4-5-12(16)14(6-10)21(19,20)18-7-9-2-1-3-13(17)11(9)8-18/h4-6,9,11,13H,1-3,7-8,17H2. The highest BCUT2D eigenvalue weighted by Gasteiger charge is 2.43. The molecule has 7 heteroatoms. The minimum Gasteiger partial charge on any atom is -0.327 e. The molecule has 1 aliphatic carbocycles. The van der Waals surface area contributed by atoms with E-state index in [1.807, 2.05) is 0 Å². The molecular weight excluding hydrogens is 298 g/mol. The molecule has 3 rings (SSSR count). The van der Waals surface area contributed by atoms with E-state index in [1.54, 1.807) is 0 Å². The summed E-state index contributed by atoms with van der Waals surface area (Å²) in [6, 6.07) is 2.49. The lowest BCUT2D eigenvalue weighted by molar-refractivity contribution is 0.260. The van der Waals surface area contributed by atoms with Crippen molar-refractivity contribution in [3.05, 3.63) is 29.8 Å². The Morgan fingerprint density at radius 2 is 1.95 bits per heavy atom. The lowest BCUT2D eigenvalue weighted by Crippen LogP contribution is -2.38. The highest BCUT2D eigenvalue weighted by molar-refractivity contribution is 7.89. The number of benzene rings is 1. The summed E-state index contributed by atoms with van der Waals surface area (Å²) < 4.78 is 53.3. The minimum absolute atomic E-state index is 0.0127. The van der Waals surface area contributed by atoms with E-state index in [0.717, 1.165) is 37.5 Å². The number of fused-ring (bicyclic) bond motifs is 1. The van der Waals surface area contributed by atoms with Crippen molar-refractivity contribution in [3.63, 3.8) is 0 Å². The molecule has 1 saturated heterocycles. The van der Waals surface area contributed by atoms with Crippen LogP contribution in [-0.2, 0) is 10.0 Å². The molecular formula is C14H18F2N2O2S. The molecule has 1 aromatic carbocycles. The summed E-state index contributed by atoms with van der Waals surface area (Å²) in [5.74, 6) is -1.34. The van der Waals surface area contributed by atoms with E-state index >= 15 is 0 Å². The van der Waals surface area contributed by atoms with Crippen LogP contribution in [0.4, 0.5) is 8.78 Å². The van der Waals surface area contributed by atoms with Crippen LogP contribution in [0.3, 0.4) is 0 Å². The summed E-state index contributed by atoms with van der Waals surface area (Å²) in [5.41, 5.74) is 6.06. The maximum Gasteiger partial charge on any atom is 0.246 e. The summed E-state index contributed by atoms with van der Waals surface area (Å²) in [4.78, 5) is -0.588. The third-order valence-electron chi connectivity index (χ3n) is 4.63. The van der Waals surface area contributed by atoms with Crippen molar-refractivity contribution >= 4 is 10.0 Å². The molecule has 0 bridgehead atoms. The maximum atomic E-state index is 13.8. The number of nitrogens with zero attached hydrogens (tertiary/aromatic N) is 1. The van der Waals surface area contributed by atoms with Gasteiger partial charge in [0.25, 0.3) is 0 Å². The first-order valence-corrected chi connectivity index (χ1v) is 8.54. The van der Waals surface area contributed by atoms with Crippen molar-refractivity contribution in [1.82, 2.24) is 4.31 Å². The normalized spacial score (nSPS) is 30.3. The zero-order chi connectivity index (χ0) is 15.2. The Morgan fingerprint density at radius 3 is 2.67 bits per heavy atom. The Bertz CT molecular complexity index is 650. The van der Waals surface area contributed by atoms with Gasteiger partial charge in [0.15, 0.2) is 0 Å². The van der Waals surface area contributed by atoms with Crippen LogP contribution in [0.25, 0.3) is 0 Å². The zero-order valence-corrected chi connectivity index (χ0v) is 12.3. The van der Waals surface area contributed by atoms with Gasteiger partial charge in [-0.2, -0.15) is 4.31 Å². The molecule has 1 saturated carbocycles. The van der Waals surface area contributed by atoms with E-state index in [1.165, 1.54) is 4.31 Å². The number of sulfonamides is 1. The van der Waals surface area contributed by atoms with Crippen LogP contribution in [-0.4, -0.2) is 31.9 Å². The second kappa shape index (κ2) is 5.30. The summed E-state index contributed by atoms with van der Waals surface area (Å²) in [6.07, 6.45) is 2.82. The molecule has 1 heterocycles. The molecule has 4 nitrogen and oxygen atoms in total. The van der Waals surface area contributed by atoms with E-state index in [9.17, 15) is 17.2 Å². The van der Waals surface area contributed by atoms with Crippen LogP contribution in [0.5, 0.6) is 0 Å². The van der Waals surface area contributed by atoms with E-state index in [0.29, 0.717) is 13.1 Å². The Kier molecular flexibility index (Phi) is 3.75. The second-order valence-electron chi connectivity index (χ2n) is 5.92. The first kappa shape index (κ1) is 14.9. The van der Waals surface area contributed by atoms with Gasteiger partial charge in [0, 0.05) is 19.1 Å². The predicted molar refractivity (Wildman–Crippen MR) is 73.9 cm³/mol. The number of hydrogen-bond donors (Lipinski definition) is 1. The van der Waals surface area contributed by atoms with E-state index in [2.05, 4.69) is 0 Å². The molecule has 1 aromatic rings. The van der Waals surface area contributed by atoms with Crippen LogP contribution < -0.4 is 5.73 Å². The van der Waals surface area contributed by atoms with Gasteiger partial charge in [0.2, 0.25) is 10.0 Å². The van der Waals surface area contributed by atoms with Gasteiger partial charge in [0.05, 0.1) is 0 Å². The van der Waals surface area contributed by atoms with Crippen molar-refractivity contribution in [2.75, 3.05) is 13.1 Å². The Morgan fingerprint density at radius 1 is 1.19 bits per heavy atom. The van der Waals surface area contributed by atoms with Gasteiger partial charge < -0.3 is 5.73 Å². The smallest absolute Gasteiger partial charge is 0.246 e. The fourth-order valence-corrected chi connectivity index (χ4v) is 5.10. The Balaban J connectivity index is 1.91. The average molecular weight is 316 g/mol. The molecule has 3 unspecified atom stereocenters. The molecule has 0 amide bonds. The molecule has 0 aromatic heterocycles. The predicted octanol–water partition coefficient (Wildman–Crippen LogP) is 1.71. The summed E-state index contributed by atoms with van der Waals surface area (Å²) >= 11 is 0. The lowest BCUT2D eigenvalue weighted by Gasteiger charge is -2.29. The quantitative estimate of drug-likeness (QED) is 0.903. The third kappa shape index (κ3) is 2.58. The van der Waals surface area contributed by atoms with Crippen LogP contribution in [0.1, 0.15) is 19.3 Å². The van der Waals surface area contributed by atoms with Gasteiger partial charge in [-0.25, -0.2) is 17.2 Å². The fraction of sp³-hybridized carbons (Fsp3) is 0.571. The van der Waals surface area contributed by atoms with Crippen LogP contribution >= 0.6 is 0 Å². The van der Waals surface area contributed by atoms with Crippen LogP contribution in [0, 0.1) is 23.5 Å². The first-order valence-electron chi connectivity index (χ1n) is 7.10. The fourth-order valence-electron chi connectivity index (χ4n) is 3.49. The lowest BCUT2D eigenvalue weighted by atomic mass is 9.78. The first-order chi connectivity index (χ1) is 9.89. The highest BCUT2D eigenvalue weighted by Crippen LogP contribution is 2.38. The molecule has 2 N–H and O–H groups in total. The number of halogens is 2. The van der Waals surface area contributed by atoms with E-state index < -0.39 is 26.6 Å².